The molecule has 16 heavy (non-hydrogen) atoms. The van der Waals surface area contributed by atoms with Gasteiger partial charge in [0.1, 0.15) is 0 Å². The summed E-state index contributed by atoms with van der Waals surface area (Å²) in [5.74, 6) is 0. The standard InChI is InChI=1S/C10H16N2O3S/c1-6(2)11(4)10-8(12(14)15)5-9(16-10)7(3)13/h5-7,13H,1-4H3/t7-/m1/s1. The average Bonchev–Trinajstić information content (AvgIpc) is 2.60. The number of hydrogen-bond donors (Lipinski definition) is 1. The van der Waals surface area contributed by atoms with Crippen molar-refractivity contribution in [1.29, 1.82) is 0 Å². The maximum absolute atomic E-state index is 10.9. The Morgan fingerprint density at radius 3 is 2.44 bits per heavy atom. The number of thiophene rings is 1. The van der Waals surface area contributed by atoms with Crippen molar-refractivity contribution < 1.29 is 10.0 Å². The maximum Gasteiger partial charge on any atom is 0.304 e. The van der Waals surface area contributed by atoms with Crippen molar-refractivity contribution >= 4 is 22.0 Å². The molecule has 0 fully saturated rings. The quantitative estimate of drug-likeness (QED) is 0.653. The Kier molecular flexibility index (Phi) is 3.88. The molecule has 0 unspecified atom stereocenters. The zero-order valence-electron chi connectivity index (χ0n) is 9.80. The van der Waals surface area contributed by atoms with Gasteiger partial charge < -0.3 is 10.0 Å². The van der Waals surface area contributed by atoms with E-state index >= 15 is 0 Å². The highest BCUT2D eigenvalue weighted by molar-refractivity contribution is 7.16. The third kappa shape index (κ3) is 2.51. The molecule has 0 aliphatic rings. The van der Waals surface area contributed by atoms with E-state index in [1.54, 1.807) is 6.92 Å². The first-order chi connectivity index (χ1) is 7.34. The normalized spacial score (nSPS) is 12.9. The predicted molar refractivity (Wildman–Crippen MR) is 65.1 cm³/mol. The van der Waals surface area contributed by atoms with E-state index in [9.17, 15) is 15.2 Å². The van der Waals surface area contributed by atoms with Crippen molar-refractivity contribution in [2.45, 2.75) is 32.9 Å². The summed E-state index contributed by atoms with van der Waals surface area (Å²) in [6.07, 6.45) is -0.669. The van der Waals surface area contributed by atoms with Crippen LogP contribution >= 0.6 is 11.3 Å². The van der Waals surface area contributed by atoms with Gasteiger partial charge in [-0.25, -0.2) is 0 Å². The lowest BCUT2D eigenvalue weighted by molar-refractivity contribution is -0.383. The van der Waals surface area contributed by atoms with Gasteiger partial charge in [0.15, 0.2) is 5.00 Å². The topological polar surface area (TPSA) is 66.6 Å². The SMILES string of the molecule is CC(C)N(C)c1sc([C@@H](C)O)cc1[N+](=O)[O-]. The summed E-state index contributed by atoms with van der Waals surface area (Å²) in [6.45, 7) is 5.53. The number of nitrogens with zero attached hydrogens (tertiary/aromatic N) is 2. The summed E-state index contributed by atoms with van der Waals surface area (Å²) in [7, 11) is 1.81. The first kappa shape index (κ1) is 12.9. The van der Waals surface area contributed by atoms with Crippen LogP contribution in [0.2, 0.25) is 0 Å². The molecule has 5 nitrogen and oxygen atoms in total. The van der Waals surface area contributed by atoms with Crippen molar-refractivity contribution in [3.05, 3.63) is 21.1 Å². The largest absolute Gasteiger partial charge is 0.388 e. The molecule has 0 saturated heterocycles. The van der Waals surface area contributed by atoms with Crippen LogP contribution in [0.3, 0.4) is 0 Å². The fourth-order valence-electron chi connectivity index (χ4n) is 1.21. The van der Waals surface area contributed by atoms with Crippen LogP contribution in [0.5, 0.6) is 0 Å². The molecule has 1 N–H and O–H groups in total. The van der Waals surface area contributed by atoms with Gasteiger partial charge in [0, 0.05) is 24.0 Å². The zero-order valence-corrected chi connectivity index (χ0v) is 10.6. The smallest absolute Gasteiger partial charge is 0.304 e. The molecule has 0 spiro atoms. The number of anilines is 1. The Hall–Kier alpha value is -1.14. The highest BCUT2D eigenvalue weighted by Gasteiger charge is 2.24. The van der Waals surface area contributed by atoms with Crippen molar-refractivity contribution in [2.75, 3.05) is 11.9 Å². The van der Waals surface area contributed by atoms with Gasteiger partial charge in [-0.1, -0.05) is 0 Å². The minimum atomic E-state index is -0.669. The van der Waals surface area contributed by atoms with Crippen molar-refractivity contribution in [2.24, 2.45) is 0 Å². The second kappa shape index (κ2) is 4.80. The number of hydrogen-bond acceptors (Lipinski definition) is 5. The second-order valence-corrected chi connectivity index (χ2v) is 5.04. The van der Waals surface area contributed by atoms with E-state index in [4.69, 9.17) is 0 Å². The van der Waals surface area contributed by atoms with Gasteiger partial charge in [0.05, 0.1) is 11.0 Å². The van der Waals surface area contributed by atoms with Crippen molar-refractivity contribution in [1.82, 2.24) is 0 Å². The number of aliphatic hydroxyl groups is 1. The Morgan fingerprint density at radius 2 is 2.06 bits per heavy atom. The molecule has 0 saturated carbocycles. The average molecular weight is 244 g/mol. The number of nitro groups is 1. The molecule has 6 heteroatoms. The van der Waals surface area contributed by atoms with E-state index in [0.29, 0.717) is 9.88 Å². The van der Waals surface area contributed by atoms with Crippen LogP contribution in [-0.2, 0) is 0 Å². The third-order valence-corrected chi connectivity index (χ3v) is 3.80. The summed E-state index contributed by atoms with van der Waals surface area (Å²) in [5.41, 5.74) is 0.0668. The van der Waals surface area contributed by atoms with Gasteiger partial charge >= 0.3 is 5.69 Å². The van der Waals surface area contributed by atoms with Crippen LogP contribution in [-0.4, -0.2) is 23.1 Å². The molecule has 1 aromatic rings. The number of rotatable bonds is 4. The van der Waals surface area contributed by atoms with Gasteiger partial charge in [-0.2, -0.15) is 0 Å². The molecule has 1 atom stereocenters. The first-order valence-electron chi connectivity index (χ1n) is 5.03. The number of aliphatic hydroxyl groups excluding tert-OH is 1. The summed E-state index contributed by atoms with van der Waals surface area (Å²) < 4.78 is 0. The van der Waals surface area contributed by atoms with Crippen LogP contribution in [0.25, 0.3) is 0 Å². The van der Waals surface area contributed by atoms with Gasteiger partial charge in [-0.05, 0) is 20.8 Å². The molecule has 90 valence electrons. The van der Waals surface area contributed by atoms with Gasteiger partial charge in [0.25, 0.3) is 0 Å². The molecule has 0 radical (unpaired) electrons. The third-order valence-electron chi connectivity index (χ3n) is 2.42. The van der Waals surface area contributed by atoms with E-state index in [1.807, 2.05) is 25.8 Å². The molecule has 1 heterocycles. The summed E-state index contributed by atoms with van der Waals surface area (Å²) in [4.78, 5) is 12.9. The van der Waals surface area contributed by atoms with Crippen LogP contribution in [0.4, 0.5) is 10.7 Å². The minimum Gasteiger partial charge on any atom is -0.388 e. The van der Waals surface area contributed by atoms with E-state index in [2.05, 4.69) is 0 Å². The van der Waals surface area contributed by atoms with Crippen molar-refractivity contribution in [3.8, 4) is 0 Å². The molecular weight excluding hydrogens is 228 g/mol. The molecule has 1 aromatic heterocycles. The lowest BCUT2D eigenvalue weighted by Gasteiger charge is -2.20. The van der Waals surface area contributed by atoms with E-state index in [0.717, 1.165) is 0 Å². The van der Waals surface area contributed by atoms with Gasteiger partial charge in [-0.3, -0.25) is 10.1 Å². The molecule has 0 bridgehead atoms. The van der Waals surface area contributed by atoms with Crippen LogP contribution in [0, 0.1) is 10.1 Å². The van der Waals surface area contributed by atoms with Gasteiger partial charge in [0.2, 0.25) is 0 Å². The Morgan fingerprint density at radius 1 is 1.50 bits per heavy atom. The van der Waals surface area contributed by atoms with Gasteiger partial charge in [-0.15, -0.1) is 11.3 Å². The zero-order chi connectivity index (χ0) is 12.5. The van der Waals surface area contributed by atoms with Crippen molar-refractivity contribution in [3.63, 3.8) is 0 Å². The monoisotopic (exact) mass is 244 g/mol. The first-order valence-corrected chi connectivity index (χ1v) is 5.85. The molecule has 1 rings (SSSR count). The van der Waals surface area contributed by atoms with Crippen LogP contribution in [0.1, 0.15) is 31.8 Å². The molecule has 0 aliphatic carbocycles. The van der Waals surface area contributed by atoms with Crippen LogP contribution < -0.4 is 4.90 Å². The predicted octanol–water partition coefficient (Wildman–Crippen LogP) is 2.55. The Bertz CT molecular complexity index is 387. The highest BCUT2D eigenvalue weighted by atomic mass is 32.1. The lowest BCUT2D eigenvalue weighted by atomic mass is 10.3. The molecule has 0 aromatic carbocycles. The highest BCUT2D eigenvalue weighted by Crippen LogP contribution is 2.40. The maximum atomic E-state index is 10.9. The molecular formula is C10H16N2O3S. The fourth-order valence-corrected chi connectivity index (χ4v) is 2.37. The Labute approximate surface area is 98.5 Å². The van der Waals surface area contributed by atoms with E-state index in [1.165, 1.54) is 17.4 Å². The fraction of sp³-hybridized carbons (Fsp3) is 0.600. The lowest BCUT2D eigenvalue weighted by Crippen LogP contribution is -2.25. The molecule has 0 aliphatic heterocycles. The summed E-state index contributed by atoms with van der Waals surface area (Å²) >= 11 is 1.27. The second-order valence-electron chi connectivity index (χ2n) is 3.98. The molecule has 0 amide bonds. The minimum absolute atomic E-state index is 0.0668. The summed E-state index contributed by atoms with van der Waals surface area (Å²) in [6, 6.07) is 1.63. The van der Waals surface area contributed by atoms with E-state index in [-0.39, 0.29) is 11.7 Å². The van der Waals surface area contributed by atoms with Crippen LogP contribution in [0.15, 0.2) is 6.07 Å². The summed E-state index contributed by atoms with van der Waals surface area (Å²) in [5, 5.41) is 20.9. The Balaban J connectivity index is 3.20. The van der Waals surface area contributed by atoms with E-state index < -0.39 is 11.0 Å².